The second-order valence-corrected chi connectivity index (χ2v) is 7.77. The first-order valence-electron chi connectivity index (χ1n) is 9.06. The molecule has 1 saturated carbocycles. The van der Waals surface area contributed by atoms with Gasteiger partial charge >= 0.3 is 5.63 Å². The average molecular weight is 432 g/mol. The van der Waals surface area contributed by atoms with Crippen molar-refractivity contribution in [3.8, 4) is 0 Å². The van der Waals surface area contributed by atoms with E-state index in [1.807, 2.05) is 13.8 Å². The number of rotatable bonds is 4. The molecule has 0 radical (unpaired) electrons. The van der Waals surface area contributed by atoms with E-state index in [4.69, 9.17) is 4.42 Å². The summed E-state index contributed by atoms with van der Waals surface area (Å²) >= 11 is 3.51. The quantitative estimate of drug-likeness (QED) is 0.603. The molecular formula is C21H19BrFNO3. The van der Waals surface area contributed by atoms with Gasteiger partial charge < -0.3 is 8.98 Å². The van der Waals surface area contributed by atoms with Gasteiger partial charge in [0.25, 0.3) is 5.56 Å². The van der Waals surface area contributed by atoms with E-state index in [-0.39, 0.29) is 29.4 Å². The first kappa shape index (κ1) is 18.2. The van der Waals surface area contributed by atoms with Gasteiger partial charge in [-0.1, -0.05) is 25.1 Å². The van der Waals surface area contributed by atoms with Crippen molar-refractivity contribution in [1.29, 1.82) is 0 Å². The maximum atomic E-state index is 14.3. The Morgan fingerprint density at radius 3 is 2.56 bits per heavy atom. The van der Waals surface area contributed by atoms with Crippen LogP contribution in [-0.2, 0) is 12.8 Å². The van der Waals surface area contributed by atoms with Crippen molar-refractivity contribution >= 4 is 26.9 Å². The molecule has 0 saturated heterocycles. The van der Waals surface area contributed by atoms with Gasteiger partial charge in [0, 0.05) is 23.7 Å². The average Bonchev–Trinajstić information content (AvgIpc) is 3.46. The highest BCUT2D eigenvalue weighted by Gasteiger charge is 2.30. The molecule has 0 spiro atoms. The Kier molecular flexibility index (Phi) is 4.54. The smallest absolute Gasteiger partial charge is 0.339 e. The highest BCUT2D eigenvalue weighted by atomic mass is 79.9. The van der Waals surface area contributed by atoms with E-state index in [9.17, 15) is 14.0 Å². The largest absolute Gasteiger partial charge is 0.421 e. The highest BCUT2D eigenvalue weighted by Crippen LogP contribution is 2.38. The molecule has 0 bridgehead atoms. The molecule has 0 atom stereocenters. The summed E-state index contributed by atoms with van der Waals surface area (Å²) in [5, 5.41) is 0.374. The van der Waals surface area contributed by atoms with Crippen molar-refractivity contribution in [3.05, 3.63) is 77.7 Å². The third-order valence-corrected chi connectivity index (χ3v) is 6.17. The Morgan fingerprint density at radius 2 is 1.93 bits per heavy atom. The van der Waals surface area contributed by atoms with Gasteiger partial charge in [0.2, 0.25) is 0 Å². The normalized spacial score (nSPS) is 14.1. The van der Waals surface area contributed by atoms with Crippen LogP contribution < -0.4 is 11.2 Å². The molecule has 27 heavy (non-hydrogen) atoms. The lowest BCUT2D eigenvalue weighted by molar-refractivity contribution is 0.542. The Morgan fingerprint density at radius 1 is 1.22 bits per heavy atom. The summed E-state index contributed by atoms with van der Waals surface area (Å²) in [5.41, 5.74) is 1.81. The molecule has 2 heterocycles. The van der Waals surface area contributed by atoms with Gasteiger partial charge in [-0.2, -0.15) is 0 Å². The summed E-state index contributed by atoms with van der Waals surface area (Å²) < 4.78 is 22.2. The summed E-state index contributed by atoms with van der Waals surface area (Å²) in [6.45, 7) is 3.68. The van der Waals surface area contributed by atoms with Gasteiger partial charge in [-0.05, 0) is 59.3 Å². The molecule has 0 amide bonds. The number of fused-ring (bicyclic) bond motifs is 1. The maximum Gasteiger partial charge on any atom is 0.339 e. The number of pyridine rings is 1. The predicted molar refractivity (Wildman–Crippen MR) is 106 cm³/mol. The van der Waals surface area contributed by atoms with Gasteiger partial charge in [0.05, 0.1) is 9.86 Å². The zero-order chi connectivity index (χ0) is 19.3. The molecular weight excluding hydrogens is 413 g/mol. The first-order chi connectivity index (χ1) is 12.9. The number of aromatic nitrogens is 1. The zero-order valence-electron chi connectivity index (χ0n) is 15.1. The van der Waals surface area contributed by atoms with Crippen LogP contribution in [0.2, 0.25) is 0 Å². The van der Waals surface area contributed by atoms with Gasteiger partial charge in [0.1, 0.15) is 5.82 Å². The Balaban J connectivity index is 2.10. The van der Waals surface area contributed by atoms with Gasteiger partial charge in [0.15, 0.2) is 5.58 Å². The van der Waals surface area contributed by atoms with Crippen LogP contribution in [-0.4, -0.2) is 4.57 Å². The van der Waals surface area contributed by atoms with E-state index in [2.05, 4.69) is 15.9 Å². The van der Waals surface area contributed by atoms with Crippen molar-refractivity contribution in [1.82, 2.24) is 4.57 Å². The molecule has 2 aromatic heterocycles. The molecule has 1 fully saturated rings. The fourth-order valence-corrected chi connectivity index (χ4v) is 4.17. The summed E-state index contributed by atoms with van der Waals surface area (Å²) in [6, 6.07) is 6.61. The van der Waals surface area contributed by atoms with Crippen LogP contribution in [0.25, 0.3) is 11.0 Å². The molecule has 6 heteroatoms. The van der Waals surface area contributed by atoms with Crippen LogP contribution in [0.15, 0.2) is 42.7 Å². The van der Waals surface area contributed by atoms with Crippen LogP contribution in [0.1, 0.15) is 48.2 Å². The third-order valence-electron chi connectivity index (χ3n) is 5.24. The second kappa shape index (κ2) is 6.75. The summed E-state index contributed by atoms with van der Waals surface area (Å²) in [7, 11) is 0. The van der Waals surface area contributed by atoms with Crippen molar-refractivity contribution in [2.24, 2.45) is 0 Å². The SMILES string of the molecule is CCc1c(Cc2ccccc2F)c2c(=O)n(C3CC3)c(C)c(Br)c2oc1=O. The molecule has 0 N–H and O–H groups in total. The molecule has 0 unspecified atom stereocenters. The second-order valence-electron chi connectivity index (χ2n) is 6.98. The molecule has 1 aliphatic carbocycles. The lowest BCUT2D eigenvalue weighted by Crippen LogP contribution is -2.25. The minimum absolute atomic E-state index is 0.169. The highest BCUT2D eigenvalue weighted by molar-refractivity contribution is 9.10. The lowest BCUT2D eigenvalue weighted by Gasteiger charge is -2.16. The molecule has 4 nitrogen and oxygen atoms in total. The molecule has 1 aliphatic rings. The minimum atomic E-state index is -0.472. The topological polar surface area (TPSA) is 52.2 Å². The van der Waals surface area contributed by atoms with Crippen LogP contribution in [0.5, 0.6) is 0 Å². The van der Waals surface area contributed by atoms with E-state index in [1.54, 1.807) is 22.8 Å². The van der Waals surface area contributed by atoms with Crippen LogP contribution >= 0.6 is 15.9 Å². The van der Waals surface area contributed by atoms with Crippen LogP contribution in [0.3, 0.4) is 0 Å². The van der Waals surface area contributed by atoms with E-state index in [1.165, 1.54) is 6.07 Å². The molecule has 4 rings (SSSR count). The zero-order valence-corrected chi connectivity index (χ0v) is 16.7. The summed E-state index contributed by atoms with van der Waals surface area (Å²) in [4.78, 5) is 25.9. The number of nitrogens with zero attached hydrogens (tertiary/aromatic N) is 1. The number of hydrogen-bond donors (Lipinski definition) is 0. The minimum Gasteiger partial charge on any atom is -0.421 e. The standard InChI is InChI=1S/C21H19BrFNO3/c1-3-14-15(10-12-6-4-5-7-16(12)23)17-19(27-21(14)26)18(22)11(2)24(20(17)25)13-8-9-13/h4-7,13H,3,8-10H2,1-2H3. The molecule has 140 valence electrons. The number of hydrogen-bond acceptors (Lipinski definition) is 3. The fraction of sp³-hybridized carbons (Fsp3) is 0.333. The van der Waals surface area contributed by atoms with Crippen molar-refractivity contribution in [2.75, 3.05) is 0 Å². The van der Waals surface area contributed by atoms with E-state index in [0.717, 1.165) is 18.5 Å². The molecule has 3 aromatic rings. The molecule has 0 aliphatic heterocycles. The lowest BCUT2D eigenvalue weighted by atomic mass is 9.96. The van der Waals surface area contributed by atoms with Crippen molar-refractivity contribution < 1.29 is 8.81 Å². The Bertz CT molecular complexity index is 1170. The maximum absolute atomic E-state index is 14.3. The predicted octanol–water partition coefficient (Wildman–Crippen LogP) is 4.65. The Labute approximate surface area is 163 Å². The van der Waals surface area contributed by atoms with Crippen molar-refractivity contribution in [3.63, 3.8) is 0 Å². The van der Waals surface area contributed by atoms with Crippen molar-refractivity contribution in [2.45, 2.75) is 45.6 Å². The van der Waals surface area contributed by atoms with Crippen LogP contribution in [0, 0.1) is 12.7 Å². The van der Waals surface area contributed by atoms with Crippen LogP contribution in [0.4, 0.5) is 4.39 Å². The third kappa shape index (κ3) is 2.96. The first-order valence-corrected chi connectivity index (χ1v) is 9.85. The summed E-state index contributed by atoms with van der Waals surface area (Å²) in [6.07, 6.45) is 2.50. The van der Waals surface area contributed by atoms with Gasteiger partial charge in [-0.15, -0.1) is 0 Å². The van der Waals surface area contributed by atoms with Gasteiger partial charge in [-0.25, -0.2) is 9.18 Å². The van der Waals surface area contributed by atoms with E-state index >= 15 is 0 Å². The number of benzene rings is 1. The molecule has 1 aromatic carbocycles. The van der Waals surface area contributed by atoms with E-state index in [0.29, 0.717) is 33.0 Å². The van der Waals surface area contributed by atoms with E-state index < -0.39 is 5.63 Å². The summed E-state index contributed by atoms with van der Waals surface area (Å²) in [5.74, 6) is -0.352. The number of halogens is 2. The monoisotopic (exact) mass is 431 g/mol. The van der Waals surface area contributed by atoms with Gasteiger partial charge in [-0.3, -0.25) is 4.79 Å². The Hall–Kier alpha value is -2.21. The fourth-order valence-electron chi connectivity index (χ4n) is 3.70.